The highest BCUT2D eigenvalue weighted by Gasteiger charge is 2.26. The number of amides is 1. The minimum atomic E-state index is 0.106. The van der Waals surface area contributed by atoms with Crippen molar-refractivity contribution >= 4 is 11.6 Å². The predicted molar refractivity (Wildman–Crippen MR) is 112 cm³/mol. The van der Waals surface area contributed by atoms with Crippen LogP contribution in [0.2, 0.25) is 0 Å². The summed E-state index contributed by atoms with van der Waals surface area (Å²) in [5.41, 5.74) is 5.72. The third kappa shape index (κ3) is 4.71. The van der Waals surface area contributed by atoms with Gasteiger partial charge in [0.15, 0.2) is 18.0 Å². The molecule has 1 saturated heterocycles. The maximum Gasteiger partial charge on any atom is 0.279 e. The Morgan fingerprint density at radius 1 is 0.931 bits per heavy atom. The quantitative estimate of drug-likeness (QED) is 0.679. The zero-order valence-corrected chi connectivity index (χ0v) is 17.6. The molecule has 2 aromatic rings. The van der Waals surface area contributed by atoms with Gasteiger partial charge < -0.3 is 24.6 Å². The van der Waals surface area contributed by atoms with Gasteiger partial charge in [0.1, 0.15) is 32.7 Å². The summed E-state index contributed by atoms with van der Waals surface area (Å²) in [6, 6.07) is 10.5. The van der Waals surface area contributed by atoms with Crippen LogP contribution in [0.3, 0.4) is 0 Å². The lowest BCUT2D eigenvalue weighted by Crippen LogP contribution is -3.28. The van der Waals surface area contributed by atoms with Crippen LogP contribution in [-0.2, 0) is 11.3 Å². The zero-order chi connectivity index (χ0) is 20.4. The van der Waals surface area contributed by atoms with Crippen molar-refractivity contribution in [3.8, 4) is 11.5 Å². The van der Waals surface area contributed by atoms with E-state index < -0.39 is 0 Å². The Bertz CT molecular complexity index is 881. The molecule has 0 saturated carbocycles. The fourth-order valence-electron chi connectivity index (χ4n) is 4.44. The number of benzene rings is 2. The number of rotatable bonds is 5. The van der Waals surface area contributed by atoms with Gasteiger partial charge in [0.05, 0.1) is 0 Å². The van der Waals surface area contributed by atoms with Gasteiger partial charge in [0.25, 0.3) is 5.91 Å². The number of hydrogen-bond acceptors (Lipinski definition) is 3. The molecule has 154 valence electrons. The van der Waals surface area contributed by atoms with Crippen LogP contribution < -0.4 is 24.6 Å². The van der Waals surface area contributed by atoms with Crippen LogP contribution in [0.5, 0.6) is 11.5 Å². The highest BCUT2D eigenvalue weighted by Crippen LogP contribution is 2.32. The summed E-state index contributed by atoms with van der Waals surface area (Å²) in [5, 5.41) is 3.14. The average molecular weight is 398 g/mol. The molecule has 2 aliphatic heterocycles. The zero-order valence-electron chi connectivity index (χ0n) is 17.6. The number of piperazine rings is 1. The van der Waals surface area contributed by atoms with Gasteiger partial charge in [0.2, 0.25) is 6.79 Å². The average Bonchev–Trinajstić information content (AvgIpc) is 3.14. The maximum atomic E-state index is 12.6. The molecule has 1 amide bonds. The van der Waals surface area contributed by atoms with E-state index in [1.165, 1.54) is 16.0 Å². The molecule has 6 heteroatoms. The summed E-state index contributed by atoms with van der Waals surface area (Å²) in [6.07, 6.45) is 0. The molecule has 0 radical (unpaired) electrons. The Labute approximate surface area is 172 Å². The van der Waals surface area contributed by atoms with E-state index in [1.54, 1.807) is 4.90 Å². The van der Waals surface area contributed by atoms with Gasteiger partial charge in [-0.1, -0.05) is 17.7 Å². The van der Waals surface area contributed by atoms with Gasteiger partial charge in [-0.3, -0.25) is 4.79 Å². The summed E-state index contributed by atoms with van der Waals surface area (Å²) in [7, 11) is 0. The molecular weight excluding hydrogens is 366 g/mol. The number of quaternary nitrogens is 2. The van der Waals surface area contributed by atoms with E-state index in [0.29, 0.717) is 13.3 Å². The molecular formula is C23H31N3O3+2. The van der Waals surface area contributed by atoms with E-state index in [2.05, 4.69) is 50.4 Å². The van der Waals surface area contributed by atoms with Gasteiger partial charge in [-0.05, 0) is 50.1 Å². The van der Waals surface area contributed by atoms with Crippen molar-refractivity contribution in [3.63, 3.8) is 0 Å². The van der Waals surface area contributed by atoms with E-state index in [4.69, 9.17) is 9.47 Å². The minimum Gasteiger partial charge on any atom is -0.454 e. The molecule has 3 N–H and O–H groups in total. The lowest BCUT2D eigenvalue weighted by molar-refractivity contribution is -1.02. The molecule has 2 aliphatic rings. The number of aryl methyl sites for hydroxylation is 3. The molecule has 29 heavy (non-hydrogen) atoms. The number of hydrogen-bond donors (Lipinski definition) is 3. The second kappa shape index (κ2) is 8.43. The fraction of sp³-hybridized carbons (Fsp3) is 0.435. The van der Waals surface area contributed by atoms with Crippen LogP contribution in [0.15, 0.2) is 30.3 Å². The number of carbonyl (C=O) groups excluding carboxylic acids is 1. The van der Waals surface area contributed by atoms with Crippen LogP contribution in [-0.4, -0.2) is 45.4 Å². The first kappa shape index (κ1) is 19.7. The minimum absolute atomic E-state index is 0.106. The Morgan fingerprint density at radius 3 is 2.31 bits per heavy atom. The summed E-state index contributed by atoms with van der Waals surface area (Å²) in [5.74, 6) is 1.79. The number of carbonyl (C=O) groups is 1. The fourth-order valence-corrected chi connectivity index (χ4v) is 4.44. The molecule has 0 atom stereocenters. The van der Waals surface area contributed by atoms with Gasteiger partial charge in [-0.15, -0.1) is 0 Å². The highest BCUT2D eigenvalue weighted by molar-refractivity contribution is 5.93. The van der Waals surface area contributed by atoms with E-state index in [-0.39, 0.29) is 5.91 Å². The van der Waals surface area contributed by atoms with Crippen LogP contribution in [0.4, 0.5) is 5.69 Å². The molecule has 4 rings (SSSR count). The van der Waals surface area contributed by atoms with Crippen LogP contribution in [0.25, 0.3) is 0 Å². The second-order valence-electron chi connectivity index (χ2n) is 8.36. The number of nitrogens with one attached hydrogen (secondary N) is 3. The Balaban J connectivity index is 1.26. The molecule has 0 bridgehead atoms. The summed E-state index contributed by atoms with van der Waals surface area (Å²) in [6.45, 7) is 12.2. The number of ether oxygens (including phenoxy) is 2. The van der Waals surface area contributed by atoms with Crippen molar-refractivity contribution < 1.29 is 24.1 Å². The van der Waals surface area contributed by atoms with Crippen molar-refractivity contribution in [2.45, 2.75) is 27.3 Å². The van der Waals surface area contributed by atoms with E-state index in [1.807, 2.05) is 6.07 Å². The molecule has 1 fully saturated rings. The molecule has 2 heterocycles. The van der Waals surface area contributed by atoms with E-state index in [9.17, 15) is 4.79 Å². The summed E-state index contributed by atoms with van der Waals surface area (Å²) >= 11 is 0. The van der Waals surface area contributed by atoms with E-state index >= 15 is 0 Å². The van der Waals surface area contributed by atoms with Crippen molar-refractivity contribution in [2.75, 3.05) is 44.8 Å². The third-order valence-corrected chi connectivity index (χ3v) is 5.91. The second-order valence-corrected chi connectivity index (χ2v) is 8.36. The number of anilines is 1. The summed E-state index contributed by atoms with van der Waals surface area (Å²) in [4.78, 5) is 15.5. The van der Waals surface area contributed by atoms with E-state index in [0.717, 1.165) is 61.0 Å². The van der Waals surface area contributed by atoms with Gasteiger partial charge in [-0.25, -0.2) is 0 Å². The smallest absolute Gasteiger partial charge is 0.279 e. The number of fused-ring (bicyclic) bond motifs is 1. The lowest BCUT2D eigenvalue weighted by atomic mass is 10.1. The first-order valence-corrected chi connectivity index (χ1v) is 10.4. The third-order valence-electron chi connectivity index (χ3n) is 5.91. The molecule has 0 aromatic heterocycles. The van der Waals surface area contributed by atoms with Crippen LogP contribution in [0.1, 0.15) is 22.3 Å². The standard InChI is InChI=1S/C23H29N3O3/c1-16-10-17(2)23(18(3)11-16)24-22(27)14-26-8-6-25(7-9-26)13-19-4-5-20-21(12-19)29-15-28-20/h4-5,10-12H,6-9,13-15H2,1-3H3,(H,24,27)/p+2. The molecule has 2 aromatic carbocycles. The monoisotopic (exact) mass is 397 g/mol. The lowest BCUT2D eigenvalue weighted by Gasteiger charge is -2.29. The van der Waals surface area contributed by atoms with Gasteiger partial charge in [0, 0.05) is 11.3 Å². The first-order valence-electron chi connectivity index (χ1n) is 10.4. The molecule has 0 unspecified atom stereocenters. The van der Waals surface area contributed by atoms with Crippen molar-refractivity contribution in [1.82, 2.24) is 0 Å². The Hall–Kier alpha value is -2.57. The van der Waals surface area contributed by atoms with Crippen molar-refractivity contribution in [1.29, 1.82) is 0 Å². The molecule has 0 spiro atoms. The predicted octanol–water partition coefficient (Wildman–Crippen LogP) is 0.263. The molecule has 6 nitrogen and oxygen atoms in total. The Kier molecular flexibility index (Phi) is 5.74. The Morgan fingerprint density at radius 2 is 1.59 bits per heavy atom. The molecule has 0 aliphatic carbocycles. The van der Waals surface area contributed by atoms with Crippen LogP contribution in [0, 0.1) is 20.8 Å². The largest absolute Gasteiger partial charge is 0.454 e. The van der Waals surface area contributed by atoms with Crippen molar-refractivity contribution in [3.05, 3.63) is 52.6 Å². The topological polar surface area (TPSA) is 56.4 Å². The summed E-state index contributed by atoms with van der Waals surface area (Å²) < 4.78 is 10.9. The highest BCUT2D eigenvalue weighted by atomic mass is 16.7. The maximum absolute atomic E-state index is 12.6. The van der Waals surface area contributed by atoms with Crippen LogP contribution >= 0.6 is 0 Å². The van der Waals surface area contributed by atoms with Crippen molar-refractivity contribution in [2.24, 2.45) is 0 Å². The van der Waals surface area contributed by atoms with Gasteiger partial charge >= 0.3 is 0 Å². The first-order chi connectivity index (χ1) is 14.0. The van der Waals surface area contributed by atoms with Gasteiger partial charge in [-0.2, -0.15) is 0 Å². The SMILES string of the molecule is Cc1cc(C)c(NC(=O)C[NH+]2CC[NH+](Cc3ccc4c(c3)OCO4)CC2)c(C)c1. The normalized spacial score (nSPS) is 20.5.